The third-order valence-corrected chi connectivity index (χ3v) is 5.27. The number of Topliss-reactive ketones (excluding diaryl/α,β-unsaturated/α-hetero) is 1. The maximum absolute atomic E-state index is 12.5. The van der Waals surface area contributed by atoms with Gasteiger partial charge in [-0.05, 0) is 37.1 Å². The molecule has 0 saturated heterocycles. The topological polar surface area (TPSA) is 70.2 Å². The lowest BCUT2D eigenvalue weighted by molar-refractivity contribution is 0.102. The van der Waals surface area contributed by atoms with Crippen molar-refractivity contribution < 1.29 is 13.9 Å². The molecule has 0 atom stereocenters. The Morgan fingerprint density at radius 1 is 1.31 bits per heavy atom. The molecule has 6 nitrogen and oxygen atoms in total. The van der Waals surface area contributed by atoms with Crippen LogP contribution in [0.1, 0.15) is 40.7 Å². The number of nitrogens with zero attached hydrogens (tertiary/aromatic N) is 3. The molecule has 0 spiro atoms. The van der Waals surface area contributed by atoms with Gasteiger partial charge < -0.3 is 9.15 Å². The fourth-order valence-electron chi connectivity index (χ4n) is 2.77. The Morgan fingerprint density at radius 3 is 2.92 bits per heavy atom. The predicted molar refractivity (Wildman–Crippen MR) is 97.9 cm³/mol. The number of furan rings is 1. The average molecular weight is 369 g/mol. The second-order valence-corrected chi connectivity index (χ2v) is 7.17. The van der Waals surface area contributed by atoms with Crippen LogP contribution in [0.2, 0.25) is 0 Å². The monoisotopic (exact) mass is 369 g/mol. The number of rotatable bonds is 8. The molecule has 1 aliphatic rings. The molecule has 0 aliphatic heterocycles. The van der Waals surface area contributed by atoms with Crippen molar-refractivity contribution in [3.63, 3.8) is 0 Å². The van der Waals surface area contributed by atoms with E-state index in [9.17, 15) is 4.79 Å². The number of carbonyl (C=O) groups is 1. The van der Waals surface area contributed by atoms with Crippen LogP contribution < -0.4 is 4.74 Å². The SMILES string of the molecule is COc1cccc(C(=O)CSc2nnc(C3CC3)n2Cc2ccco2)c1. The van der Waals surface area contributed by atoms with E-state index in [1.807, 2.05) is 24.3 Å². The number of ether oxygens (including phenoxy) is 1. The van der Waals surface area contributed by atoms with Crippen molar-refractivity contribution in [2.24, 2.45) is 0 Å². The van der Waals surface area contributed by atoms with E-state index < -0.39 is 0 Å². The van der Waals surface area contributed by atoms with E-state index in [1.165, 1.54) is 11.8 Å². The van der Waals surface area contributed by atoms with Crippen LogP contribution in [0.5, 0.6) is 5.75 Å². The number of thioether (sulfide) groups is 1. The van der Waals surface area contributed by atoms with E-state index in [1.54, 1.807) is 25.5 Å². The Hall–Kier alpha value is -2.54. The van der Waals surface area contributed by atoms with Crippen molar-refractivity contribution in [3.05, 3.63) is 59.8 Å². The van der Waals surface area contributed by atoms with Gasteiger partial charge in [0.1, 0.15) is 17.3 Å². The highest BCUT2D eigenvalue weighted by Gasteiger charge is 2.30. The van der Waals surface area contributed by atoms with Crippen molar-refractivity contribution >= 4 is 17.5 Å². The summed E-state index contributed by atoms with van der Waals surface area (Å²) >= 11 is 1.41. The Bertz CT molecular complexity index is 901. The first-order valence-corrected chi connectivity index (χ1v) is 9.48. The molecule has 1 aliphatic carbocycles. The van der Waals surface area contributed by atoms with Crippen LogP contribution in [0.4, 0.5) is 0 Å². The van der Waals surface area contributed by atoms with E-state index in [-0.39, 0.29) is 5.78 Å². The lowest BCUT2D eigenvalue weighted by atomic mass is 10.1. The standard InChI is InChI=1S/C19H19N3O3S/c1-24-15-5-2-4-14(10-15)17(23)12-26-19-21-20-18(13-7-8-13)22(19)11-16-6-3-9-25-16/h2-6,9-10,13H,7-8,11-12H2,1H3. The van der Waals surface area contributed by atoms with Crippen LogP contribution in [0.3, 0.4) is 0 Å². The number of carbonyl (C=O) groups excluding carboxylic acids is 1. The van der Waals surface area contributed by atoms with Crippen LogP contribution in [0.15, 0.2) is 52.2 Å². The zero-order valence-corrected chi connectivity index (χ0v) is 15.2. The summed E-state index contributed by atoms with van der Waals surface area (Å²) in [7, 11) is 1.59. The van der Waals surface area contributed by atoms with Gasteiger partial charge in [-0.25, -0.2) is 0 Å². The fraction of sp³-hybridized carbons (Fsp3) is 0.316. The van der Waals surface area contributed by atoms with Crippen LogP contribution in [-0.2, 0) is 6.54 Å². The summed E-state index contributed by atoms with van der Waals surface area (Å²) in [6.45, 7) is 0.585. The molecule has 0 amide bonds. The predicted octanol–water partition coefficient (Wildman–Crippen LogP) is 3.78. The maximum atomic E-state index is 12.5. The highest BCUT2D eigenvalue weighted by Crippen LogP contribution is 2.40. The Labute approximate surface area is 155 Å². The summed E-state index contributed by atoms with van der Waals surface area (Å²) in [6, 6.07) is 11.0. The maximum Gasteiger partial charge on any atom is 0.192 e. The van der Waals surface area contributed by atoms with Crippen LogP contribution in [0.25, 0.3) is 0 Å². The number of ketones is 1. The zero-order valence-electron chi connectivity index (χ0n) is 14.4. The van der Waals surface area contributed by atoms with Gasteiger partial charge in [0.25, 0.3) is 0 Å². The van der Waals surface area contributed by atoms with Gasteiger partial charge in [-0.1, -0.05) is 23.9 Å². The molecule has 26 heavy (non-hydrogen) atoms. The van der Waals surface area contributed by atoms with Gasteiger partial charge in [0.05, 0.1) is 25.7 Å². The minimum atomic E-state index is 0.0365. The molecule has 1 aromatic carbocycles. The zero-order chi connectivity index (χ0) is 17.9. The molecule has 4 rings (SSSR count). The molecule has 0 N–H and O–H groups in total. The third-order valence-electron chi connectivity index (χ3n) is 4.31. The average Bonchev–Trinajstić information content (AvgIpc) is 3.24. The van der Waals surface area contributed by atoms with Gasteiger partial charge in [-0.15, -0.1) is 10.2 Å². The molecule has 2 heterocycles. The highest BCUT2D eigenvalue weighted by atomic mass is 32.2. The van der Waals surface area contributed by atoms with E-state index in [0.717, 1.165) is 29.6 Å². The first-order chi connectivity index (χ1) is 12.7. The van der Waals surface area contributed by atoms with Crippen molar-refractivity contribution in [2.45, 2.75) is 30.5 Å². The van der Waals surface area contributed by atoms with Crippen LogP contribution in [-0.4, -0.2) is 33.4 Å². The quantitative estimate of drug-likeness (QED) is 0.444. The summed E-state index contributed by atoms with van der Waals surface area (Å²) in [4.78, 5) is 12.5. The minimum Gasteiger partial charge on any atom is -0.497 e. The van der Waals surface area contributed by atoms with Gasteiger partial charge in [0, 0.05) is 11.5 Å². The molecule has 2 aromatic heterocycles. The van der Waals surface area contributed by atoms with E-state index in [4.69, 9.17) is 9.15 Å². The highest BCUT2D eigenvalue weighted by molar-refractivity contribution is 7.99. The number of hydrogen-bond acceptors (Lipinski definition) is 6. The van der Waals surface area contributed by atoms with Crippen molar-refractivity contribution in [3.8, 4) is 5.75 Å². The number of methoxy groups -OCH3 is 1. The van der Waals surface area contributed by atoms with Gasteiger partial charge >= 0.3 is 0 Å². The normalized spacial score (nSPS) is 13.7. The Balaban J connectivity index is 1.49. The third kappa shape index (κ3) is 3.67. The number of aromatic nitrogens is 3. The Kier molecular flexibility index (Phi) is 4.79. The molecule has 1 saturated carbocycles. The second kappa shape index (κ2) is 7.37. The lowest BCUT2D eigenvalue weighted by Crippen LogP contribution is -2.08. The molecule has 0 unspecified atom stereocenters. The molecule has 134 valence electrons. The van der Waals surface area contributed by atoms with Crippen molar-refractivity contribution in [2.75, 3.05) is 12.9 Å². The summed E-state index contributed by atoms with van der Waals surface area (Å²) < 4.78 is 12.7. The molecule has 3 aromatic rings. The van der Waals surface area contributed by atoms with Crippen molar-refractivity contribution in [1.29, 1.82) is 0 Å². The summed E-state index contributed by atoms with van der Waals surface area (Å²) in [5.41, 5.74) is 0.636. The minimum absolute atomic E-state index is 0.0365. The fourth-order valence-corrected chi connectivity index (χ4v) is 3.61. The second-order valence-electron chi connectivity index (χ2n) is 6.22. The first-order valence-electron chi connectivity index (χ1n) is 8.50. The number of benzene rings is 1. The molecule has 0 bridgehead atoms. The van der Waals surface area contributed by atoms with Gasteiger partial charge in [-0.2, -0.15) is 0 Å². The summed E-state index contributed by atoms with van der Waals surface area (Å²) in [5.74, 6) is 3.33. The van der Waals surface area contributed by atoms with Gasteiger partial charge in [0.15, 0.2) is 10.9 Å². The number of hydrogen-bond donors (Lipinski definition) is 0. The van der Waals surface area contributed by atoms with Gasteiger partial charge in [0.2, 0.25) is 0 Å². The van der Waals surface area contributed by atoms with E-state index in [0.29, 0.717) is 29.5 Å². The molecular formula is C19H19N3O3S. The molecule has 1 fully saturated rings. The van der Waals surface area contributed by atoms with Crippen LogP contribution >= 0.6 is 11.8 Å². The van der Waals surface area contributed by atoms with E-state index in [2.05, 4.69) is 14.8 Å². The molecule has 0 radical (unpaired) electrons. The smallest absolute Gasteiger partial charge is 0.192 e. The first kappa shape index (κ1) is 16.9. The van der Waals surface area contributed by atoms with Gasteiger partial charge in [-0.3, -0.25) is 9.36 Å². The lowest BCUT2D eigenvalue weighted by Gasteiger charge is -2.08. The van der Waals surface area contributed by atoms with E-state index >= 15 is 0 Å². The molecule has 7 heteroatoms. The Morgan fingerprint density at radius 2 is 2.19 bits per heavy atom. The summed E-state index contributed by atoms with van der Waals surface area (Å²) in [6.07, 6.45) is 3.95. The largest absolute Gasteiger partial charge is 0.497 e. The van der Waals surface area contributed by atoms with Crippen LogP contribution in [0, 0.1) is 0 Å². The van der Waals surface area contributed by atoms with Crippen molar-refractivity contribution in [1.82, 2.24) is 14.8 Å². The molecular weight excluding hydrogens is 350 g/mol. The summed E-state index contributed by atoms with van der Waals surface area (Å²) in [5, 5.41) is 9.42.